The number of nitro groups is 1. The Morgan fingerprint density at radius 3 is 2.79 bits per heavy atom. The van der Waals surface area contributed by atoms with E-state index in [1.165, 1.54) is 6.33 Å². The molecule has 0 fully saturated rings. The summed E-state index contributed by atoms with van der Waals surface area (Å²) in [4.78, 5) is 19.5. The maximum Gasteiger partial charge on any atom is 0.353 e. The average Bonchev–Trinajstić information content (AvgIpc) is 2.73. The summed E-state index contributed by atoms with van der Waals surface area (Å²) >= 11 is 0. The smallest absolute Gasteiger partial charge is 0.353 e. The Bertz CT molecular complexity index is 610. The van der Waals surface area contributed by atoms with Crippen LogP contribution in [0.1, 0.15) is 11.5 Å². The van der Waals surface area contributed by atoms with E-state index in [0.717, 1.165) is 5.76 Å². The first kappa shape index (κ1) is 12.8. The van der Waals surface area contributed by atoms with Crippen LogP contribution in [0.15, 0.2) is 22.9 Å². The first-order valence-electron chi connectivity index (χ1n) is 5.50. The molecule has 0 aliphatic carbocycles. The molecule has 2 rings (SSSR count). The van der Waals surface area contributed by atoms with Crippen molar-refractivity contribution in [2.45, 2.75) is 13.5 Å². The van der Waals surface area contributed by atoms with Gasteiger partial charge in [-0.3, -0.25) is 10.1 Å². The van der Waals surface area contributed by atoms with Gasteiger partial charge in [-0.05, 0) is 19.1 Å². The lowest BCUT2D eigenvalue weighted by Gasteiger charge is -2.16. The Balaban J connectivity index is 2.31. The second kappa shape index (κ2) is 4.92. The predicted molar refractivity (Wildman–Crippen MR) is 68.7 cm³/mol. The monoisotopic (exact) mass is 263 g/mol. The fourth-order valence-electron chi connectivity index (χ4n) is 1.72. The third-order valence-corrected chi connectivity index (χ3v) is 2.56. The molecule has 0 atom stereocenters. The fraction of sp³-hybridized carbons (Fsp3) is 0.273. The highest BCUT2D eigenvalue weighted by atomic mass is 16.6. The molecule has 0 unspecified atom stereocenters. The molecule has 0 spiro atoms. The van der Waals surface area contributed by atoms with Crippen molar-refractivity contribution >= 4 is 17.3 Å². The van der Waals surface area contributed by atoms with Gasteiger partial charge in [-0.2, -0.15) is 0 Å². The van der Waals surface area contributed by atoms with Crippen LogP contribution in [0.25, 0.3) is 0 Å². The zero-order valence-corrected chi connectivity index (χ0v) is 10.5. The first-order chi connectivity index (χ1) is 8.99. The van der Waals surface area contributed by atoms with Gasteiger partial charge in [0.25, 0.3) is 0 Å². The van der Waals surface area contributed by atoms with Crippen LogP contribution in [0, 0.1) is 17.0 Å². The van der Waals surface area contributed by atoms with Crippen molar-refractivity contribution in [3.63, 3.8) is 0 Å². The van der Waals surface area contributed by atoms with Crippen LogP contribution in [-0.4, -0.2) is 21.9 Å². The molecule has 100 valence electrons. The van der Waals surface area contributed by atoms with Gasteiger partial charge in [0, 0.05) is 7.05 Å². The Morgan fingerprint density at radius 1 is 1.47 bits per heavy atom. The Kier molecular flexibility index (Phi) is 3.32. The van der Waals surface area contributed by atoms with Crippen molar-refractivity contribution in [3.8, 4) is 0 Å². The van der Waals surface area contributed by atoms with E-state index in [1.807, 2.05) is 19.1 Å². The fourth-order valence-corrected chi connectivity index (χ4v) is 1.72. The highest BCUT2D eigenvalue weighted by Crippen LogP contribution is 2.29. The number of nitrogens with zero attached hydrogens (tertiary/aromatic N) is 4. The molecule has 0 aliphatic heterocycles. The number of anilines is 2. The second-order valence-corrected chi connectivity index (χ2v) is 4.06. The van der Waals surface area contributed by atoms with Crippen molar-refractivity contribution in [3.05, 3.63) is 40.1 Å². The van der Waals surface area contributed by atoms with Gasteiger partial charge in [-0.25, -0.2) is 9.97 Å². The summed E-state index contributed by atoms with van der Waals surface area (Å²) in [7, 11) is 1.67. The highest BCUT2D eigenvalue weighted by Gasteiger charge is 2.24. The third-order valence-electron chi connectivity index (χ3n) is 2.56. The molecule has 0 saturated heterocycles. The predicted octanol–water partition coefficient (Wildman–Crippen LogP) is 1.50. The van der Waals surface area contributed by atoms with E-state index in [-0.39, 0.29) is 17.3 Å². The van der Waals surface area contributed by atoms with E-state index in [1.54, 1.807) is 11.9 Å². The van der Waals surface area contributed by atoms with Gasteiger partial charge in [-0.1, -0.05) is 0 Å². The molecule has 0 radical (unpaired) electrons. The number of nitrogen functional groups attached to an aromatic ring is 1. The molecule has 2 aromatic rings. The van der Waals surface area contributed by atoms with Gasteiger partial charge < -0.3 is 15.1 Å². The number of hydrogen-bond donors (Lipinski definition) is 1. The normalized spacial score (nSPS) is 10.4. The molecular weight excluding hydrogens is 250 g/mol. The minimum atomic E-state index is -0.589. The van der Waals surface area contributed by atoms with Crippen molar-refractivity contribution in [2.75, 3.05) is 17.7 Å². The number of furan rings is 1. The Labute approximate surface area is 109 Å². The van der Waals surface area contributed by atoms with Gasteiger partial charge in [0.2, 0.25) is 11.6 Å². The second-order valence-electron chi connectivity index (χ2n) is 4.06. The van der Waals surface area contributed by atoms with Crippen LogP contribution in [-0.2, 0) is 6.54 Å². The molecule has 0 bridgehead atoms. The van der Waals surface area contributed by atoms with E-state index in [2.05, 4.69) is 9.97 Å². The van der Waals surface area contributed by atoms with Crippen molar-refractivity contribution in [1.82, 2.24) is 9.97 Å². The van der Waals surface area contributed by atoms with E-state index in [9.17, 15) is 10.1 Å². The van der Waals surface area contributed by atoms with Crippen molar-refractivity contribution in [2.24, 2.45) is 0 Å². The maximum atomic E-state index is 11.0. The van der Waals surface area contributed by atoms with Gasteiger partial charge in [0.15, 0.2) is 0 Å². The van der Waals surface area contributed by atoms with E-state index in [4.69, 9.17) is 10.2 Å². The lowest BCUT2D eigenvalue weighted by atomic mass is 10.3. The number of aryl methyl sites for hydroxylation is 1. The molecular formula is C11H13N5O3. The van der Waals surface area contributed by atoms with Crippen LogP contribution < -0.4 is 10.6 Å². The topological polar surface area (TPSA) is 111 Å². The van der Waals surface area contributed by atoms with Crippen LogP contribution in [0.3, 0.4) is 0 Å². The summed E-state index contributed by atoms with van der Waals surface area (Å²) in [6.45, 7) is 2.18. The highest BCUT2D eigenvalue weighted by molar-refractivity contribution is 5.68. The van der Waals surface area contributed by atoms with Gasteiger partial charge in [-0.15, -0.1) is 0 Å². The quantitative estimate of drug-likeness (QED) is 0.657. The Morgan fingerprint density at radius 2 is 2.21 bits per heavy atom. The lowest BCUT2D eigenvalue weighted by molar-refractivity contribution is -0.383. The molecule has 0 amide bonds. The summed E-state index contributed by atoms with van der Waals surface area (Å²) in [5.41, 5.74) is 5.22. The number of aromatic nitrogens is 2. The van der Waals surface area contributed by atoms with Crippen molar-refractivity contribution in [1.29, 1.82) is 0 Å². The maximum absolute atomic E-state index is 11.0. The van der Waals surface area contributed by atoms with Gasteiger partial charge >= 0.3 is 5.69 Å². The molecule has 0 aromatic carbocycles. The minimum Gasteiger partial charge on any atom is -0.464 e. The molecule has 2 heterocycles. The molecule has 2 N–H and O–H groups in total. The summed E-state index contributed by atoms with van der Waals surface area (Å²) < 4.78 is 5.42. The van der Waals surface area contributed by atoms with E-state index in [0.29, 0.717) is 12.3 Å². The number of rotatable bonds is 4. The minimum absolute atomic E-state index is 0.155. The summed E-state index contributed by atoms with van der Waals surface area (Å²) in [6, 6.07) is 3.63. The largest absolute Gasteiger partial charge is 0.464 e. The summed E-state index contributed by atoms with van der Waals surface area (Å²) in [6.07, 6.45) is 1.20. The van der Waals surface area contributed by atoms with Crippen LogP contribution in [0.2, 0.25) is 0 Å². The summed E-state index contributed by atoms with van der Waals surface area (Å²) in [5, 5.41) is 11.0. The standard InChI is InChI=1S/C11H13N5O3/c1-7-3-4-8(19-7)5-15(2)11-9(16(17)18)10(12)13-6-14-11/h3-4,6H,5H2,1-2H3,(H2,12,13,14). The first-order valence-corrected chi connectivity index (χ1v) is 5.50. The molecule has 0 saturated carbocycles. The molecule has 8 nitrogen and oxygen atoms in total. The molecule has 8 heteroatoms. The van der Waals surface area contributed by atoms with Gasteiger partial charge in [0.05, 0.1) is 11.5 Å². The zero-order chi connectivity index (χ0) is 14.0. The van der Waals surface area contributed by atoms with E-state index < -0.39 is 4.92 Å². The zero-order valence-electron chi connectivity index (χ0n) is 10.5. The molecule has 19 heavy (non-hydrogen) atoms. The number of hydrogen-bond acceptors (Lipinski definition) is 7. The SMILES string of the molecule is Cc1ccc(CN(C)c2ncnc(N)c2[N+](=O)[O-])o1. The lowest BCUT2D eigenvalue weighted by Crippen LogP contribution is -2.19. The molecule has 0 aliphatic rings. The van der Waals surface area contributed by atoms with Crippen LogP contribution in [0.4, 0.5) is 17.3 Å². The van der Waals surface area contributed by atoms with Crippen LogP contribution >= 0.6 is 0 Å². The molecule has 2 aromatic heterocycles. The van der Waals surface area contributed by atoms with E-state index >= 15 is 0 Å². The van der Waals surface area contributed by atoms with Crippen molar-refractivity contribution < 1.29 is 9.34 Å². The summed E-state index contributed by atoms with van der Waals surface area (Å²) in [5.74, 6) is 1.47. The van der Waals surface area contributed by atoms with Gasteiger partial charge in [0.1, 0.15) is 17.8 Å². The third kappa shape index (κ3) is 2.62. The number of nitrogens with two attached hydrogens (primary N) is 1. The van der Waals surface area contributed by atoms with Crippen LogP contribution in [0.5, 0.6) is 0 Å². The Hall–Kier alpha value is -2.64. The average molecular weight is 263 g/mol.